The van der Waals surface area contributed by atoms with Crippen molar-refractivity contribution in [2.24, 2.45) is 0 Å². The molecule has 0 aliphatic carbocycles. The molecule has 0 heterocycles. The van der Waals surface area contributed by atoms with Crippen LogP contribution in [0.4, 0.5) is 0 Å². The Kier molecular flexibility index (Phi) is 10.2. The van der Waals surface area contributed by atoms with Crippen molar-refractivity contribution in [3.8, 4) is 0 Å². The molecule has 0 spiro atoms. The topological polar surface area (TPSA) is 113 Å². The number of rotatable bonds is 10. The summed E-state index contributed by atoms with van der Waals surface area (Å²) in [5, 5.41) is 0. The molecule has 7 nitrogen and oxygen atoms in total. The average Bonchev–Trinajstić information content (AvgIpc) is 2.34. The Bertz CT molecular complexity index is 591. The van der Waals surface area contributed by atoms with E-state index in [0.29, 0.717) is 6.42 Å². The molecule has 1 atom stereocenters. The predicted molar refractivity (Wildman–Crippen MR) is 94.3 cm³/mol. The van der Waals surface area contributed by atoms with E-state index in [0.717, 1.165) is 24.0 Å². The van der Waals surface area contributed by atoms with Gasteiger partial charge in [0.15, 0.2) is 0 Å². The second-order valence-electron chi connectivity index (χ2n) is 5.99. The minimum Gasteiger partial charge on any atom is -0.302 e. The highest BCUT2D eigenvalue weighted by Crippen LogP contribution is 2.57. The van der Waals surface area contributed by atoms with Gasteiger partial charge in [0, 0.05) is 0 Å². The lowest BCUT2D eigenvalue weighted by Crippen LogP contribution is -2.00. The lowest BCUT2D eigenvalue weighted by molar-refractivity contribution is 0.187. The molecule has 0 aromatic carbocycles. The average molecular weight is 382 g/mol. The van der Waals surface area contributed by atoms with E-state index in [9.17, 15) is 14.0 Å². The highest BCUT2D eigenvalue weighted by atomic mass is 31.3. The lowest BCUT2D eigenvalue weighted by Gasteiger charge is -2.14. The van der Waals surface area contributed by atoms with Gasteiger partial charge in [0.05, 0.1) is 6.61 Å². The standard InChI is InChI=1S/C15H28O7P2/c1-12(2)7-6-8-14(5)9-10-15(13(3)4)11-21-24(19,20)22-23(16,17)18/h7,9H,6,8,10-11H2,1-5H3,(H,19,20)(H2,16,17,18)/b14-9+. The van der Waals surface area contributed by atoms with Gasteiger partial charge in [-0.2, -0.15) is 4.31 Å². The van der Waals surface area contributed by atoms with E-state index in [2.05, 4.69) is 14.9 Å². The number of allylic oxidation sites excluding steroid dienone is 5. The van der Waals surface area contributed by atoms with E-state index in [-0.39, 0.29) is 6.61 Å². The summed E-state index contributed by atoms with van der Waals surface area (Å²) in [4.78, 5) is 26.5. The van der Waals surface area contributed by atoms with Crippen molar-refractivity contribution in [3.05, 3.63) is 34.4 Å². The molecule has 140 valence electrons. The van der Waals surface area contributed by atoms with Crippen molar-refractivity contribution < 1.29 is 32.6 Å². The van der Waals surface area contributed by atoms with Crippen LogP contribution in [-0.2, 0) is 18.0 Å². The summed E-state index contributed by atoms with van der Waals surface area (Å²) >= 11 is 0. The third-order valence-electron chi connectivity index (χ3n) is 3.11. The molecule has 0 amide bonds. The number of phosphoric acid groups is 2. The first kappa shape index (κ1) is 23.5. The lowest BCUT2D eigenvalue weighted by atomic mass is 10.0. The van der Waals surface area contributed by atoms with Gasteiger partial charge in [-0.15, -0.1) is 0 Å². The maximum absolute atomic E-state index is 11.5. The summed E-state index contributed by atoms with van der Waals surface area (Å²) in [6.07, 6.45) is 6.56. The zero-order valence-corrected chi connectivity index (χ0v) is 16.6. The quantitative estimate of drug-likeness (QED) is 0.373. The molecule has 0 radical (unpaired) electrons. The van der Waals surface area contributed by atoms with E-state index in [1.165, 1.54) is 11.1 Å². The van der Waals surface area contributed by atoms with Gasteiger partial charge in [0.1, 0.15) is 0 Å². The molecule has 0 saturated heterocycles. The Morgan fingerprint density at radius 1 is 1.00 bits per heavy atom. The molecule has 9 heteroatoms. The fourth-order valence-corrected chi connectivity index (χ4v) is 3.30. The van der Waals surface area contributed by atoms with Crippen LogP contribution in [0.1, 0.15) is 53.9 Å². The van der Waals surface area contributed by atoms with Gasteiger partial charge in [-0.1, -0.05) is 28.9 Å². The summed E-state index contributed by atoms with van der Waals surface area (Å²) in [6.45, 7) is 9.52. The summed E-state index contributed by atoms with van der Waals surface area (Å²) in [5.41, 5.74) is 4.11. The Labute approximate surface area is 143 Å². The van der Waals surface area contributed by atoms with Gasteiger partial charge in [-0.25, -0.2) is 9.13 Å². The Morgan fingerprint density at radius 2 is 1.58 bits per heavy atom. The molecular weight excluding hydrogens is 354 g/mol. The highest BCUT2D eigenvalue weighted by Gasteiger charge is 2.32. The summed E-state index contributed by atoms with van der Waals surface area (Å²) in [7, 11) is -9.90. The second kappa shape index (κ2) is 10.5. The van der Waals surface area contributed by atoms with Crippen LogP contribution in [0.25, 0.3) is 0 Å². The summed E-state index contributed by atoms with van der Waals surface area (Å²) < 4.78 is 30.5. The number of hydrogen-bond donors (Lipinski definition) is 3. The Balaban J connectivity index is 4.69. The molecule has 0 saturated carbocycles. The Morgan fingerprint density at radius 3 is 2.04 bits per heavy atom. The number of hydrogen-bond acceptors (Lipinski definition) is 4. The maximum atomic E-state index is 11.5. The fourth-order valence-electron chi connectivity index (χ4n) is 1.71. The van der Waals surface area contributed by atoms with Crippen LogP contribution in [0.2, 0.25) is 0 Å². The van der Waals surface area contributed by atoms with Gasteiger partial charge < -0.3 is 14.7 Å². The van der Waals surface area contributed by atoms with Crippen LogP contribution in [-0.4, -0.2) is 21.3 Å². The zero-order chi connectivity index (χ0) is 19.0. The van der Waals surface area contributed by atoms with Crippen LogP contribution in [0.3, 0.4) is 0 Å². The first-order valence-electron chi connectivity index (χ1n) is 7.51. The first-order chi connectivity index (χ1) is 10.8. The minimum atomic E-state index is -5.09. The van der Waals surface area contributed by atoms with Gasteiger partial charge in [-0.3, -0.25) is 4.52 Å². The molecular formula is C15H28O7P2. The van der Waals surface area contributed by atoms with Crippen molar-refractivity contribution in [1.29, 1.82) is 0 Å². The third-order valence-corrected chi connectivity index (χ3v) is 5.24. The van der Waals surface area contributed by atoms with Crippen LogP contribution >= 0.6 is 15.6 Å². The highest BCUT2D eigenvalue weighted by molar-refractivity contribution is 7.60. The van der Waals surface area contributed by atoms with Crippen LogP contribution in [0, 0.1) is 0 Å². The van der Waals surface area contributed by atoms with Crippen LogP contribution < -0.4 is 0 Å². The maximum Gasteiger partial charge on any atom is 0.481 e. The normalized spacial score (nSPS) is 14.9. The SMILES string of the molecule is CC(C)=CCC/C(C)=C/CC(COP(=O)(O)OP(=O)(O)O)=C(C)C. The summed E-state index contributed by atoms with van der Waals surface area (Å²) in [5.74, 6) is 0. The smallest absolute Gasteiger partial charge is 0.302 e. The van der Waals surface area contributed by atoms with E-state index in [4.69, 9.17) is 9.79 Å². The molecule has 0 aliphatic heterocycles. The van der Waals surface area contributed by atoms with E-state index >= 15 is 0 Å². The van der Waals surface area contributed by atoms with Gasteiger partial charge in [0.2, 0.25) is 0 Å². The van der Waals surface area contributed by atoms with E-state index in [1.807, 2.05) is 40.7 Å². The molecule has 1 unspecified atom stereocenters. The number of phosphoric ester groups is 1. The van der Waals surface area contributed by atoms with E-state index in [1.54, 1.807) is 0 Å². The van der Waals surface area contributed by atoms with Gasteiger partial charge >= 0.3 is 15.6 Å². The van der Waals surface area contributed by atoms with Gasteiger partial charge in [-0.05, 0) is 59.5 Å². The molecule has 0 aliphatic rings. The molecule has 0 fully saturated rings. The Hall–Kier alpha value is -0.520. The molecule has 3 N–H and O–H groups in total. The largest absolute Gasteiger partial charge is 0.481 e. The van der Waals surface area contributed by atoms with Crippen molar-refractivity contribution in [2.75, 3.05) is 6.61 Å². The van der Waals surface area contributed by atoms with E-state index < -0.39 is 15.6 Å². The predicted octanol–water partition coefficient (Wildman–Crippen LogP) is 4.63. The minimum absolute atomic E-state index is 0.242. The van der Waals surface area contributed by atoms with Gasteiger partial charge in [0.25, 0.3) is 0 Å². The van der Waals surface area contributed by atoms with Crippen LogP contribution in [0.5, 0.6) is 0 Å². The zero-order valence-electron chi connectivity index (χ0n) is 14.9. The molecule has 0 aromatic heterocycles. The summed E-state index contributed by atoms with van der Waals surface area (Å²) in [6, 6.07) is 0. The van der Waals surface area contributed by atoms with Crippen molar-refractivity contribution in [1.82, 2.24) is 0 Å². The van der Waals surface area contributed by atoms with Crippen molar-refractivity contribution >= 4 is 15.6 Å². The second-order valence-corrected chi connectivity index (χ2v) is 8.82. The fraction of sp³-hybridized carbons (Fsp3) is 0.600. The van der Waals surface area contributed by atoms with Crippen molar-refractivity contribution in [3.63, 3.8) is 0 Å². The molecule has 24 heavy (non-hydrogen) atoms. The first-order valence-corrected chi connectivity index (χ1v) is 10.5. The van der Waals surface area contributed by atoms with Crippen molar-refractivity contribution in [2.45, 2.75) is 53.9 Å². The third kappa shape index (κ3) is 12.8. The monoisotopic (exact) mass is 382 g/mol. The van der Waals surface area contributed by atoms with Crippen LogP contribution in [0.15, 0.2) is 34.4 Å². The molecule has 0 rings (SSSR count). The molecule has 0 bridgehead atoms. The molecule has 0 aromatic rings.